The lowest BCUT2D eigenvalue weighted by atomic mass is 10.1. The lowest BCUT2D eigenvalue weighted by Crippen LogP contribution is -2.13. The molecule has 1 aromatic heterocycles. The molecule has 1 saturated carbocycles. The highest BCUT2D eigenvalue weighted by atomic mass is 16.4. The predicted molar refractivity (Wildman–Crippen MR) is 57.4 cm³/mol. The van der Waals surface area contributed by atoms with E-state index in [1.54, 1.807) is 0 Å². The van der Waals surface area contributed by atoms with Gasteiger partial charge >= 0.3 is 0 Å². The summed E-state index contributed by atoms with van der Waals surface area (Å²) in [7, 11) is 0. The molecule has 1 N–H and O–H groups in total. The second-order valence-electron chi connectivity index (χ2n) is 4.96. The Bertz CT molecular complexity index is 332. The molecule has 0 spiro atoms. The van der Waals surface area contributed by atoms with Crippen molar-refractivity contribution in [3.05, 3.63) is 11.8 Å². The Morgan fingerprint density at radius 2 is 2.20 bits per heavy atom. The average molecular weight is 209 g/mol. The average Bonchev–Trinajstić information content (AvgIpc) is 2.64. The summed E-state index contributed by atoms with van der Waals surface area (Å²) in [6.07, 6.45) is 2.29. The van der Waals surface area contributed by atoms with Gasteiger partial charge in [0.2, 0.25) is 11.8 Å². The fraction of sp³-hybridized carbons (Fsp3) is 0.818. The second-order valence-corrected chi connectivity index (χ2v) is 4.96. The van der Waals surface area contributed by atoms with Crippen molar-refractivity contribution in [1.82, 2.24) is 15.5 Å². The van der Waals surface area contributed by atoms with Crippen LogP contribution in [0.15, 0.2) is 4.42 Å². The summed E-state index contributed by atoms with van der Waals surface area (Å²) < 4.78 is 5.61. The van der Waals surface area contributed by atoms with E-state index in [1.807, 2.05) is 0 Å². The maximum Gasteiger partial charge on any atom is 0.230 e. The zero-order valence-corrected chi connectivity index (χ0v) is 9.71. The smallest absolute Gasteiger partial charge is 0.230 e. The van der Waals surface area contributed by atoms with Gasteiger partial charge in [0.1, 0.15) is 0 Å². The molecule has 0 bridgehead atoms. The van der Waals surface area contributed by atoms with Crippen LogP contribution in [-0.4, -0.2) is 16.7 Å². The third-order valence-corrected chi connectivity index (χ3v) is 3.00. The lowest BCUT2D eigenvalue weighted by Gasteiger charge is -1.98. The number of aromatic nitrogens is 2. The normalized spacial score (nSPS) is 23.0. The SMILES string of the molecule is CCCNCc1nnc(C2CC2(C)C)o1. The lowest BCUT2D eigenvalue weighted by molar-refractivity contribution is 0.419. The van der Waals surface area contributed by atoms with Crippen molar-refractivity contribution >= 4 is 0 Å². The predicted octanol–water partition coefficient (Wildman–Crippen LogP) is 2.08. The molecule has 4 heteroatoms. The van der Waals surface area contributed by atoms with E-state index in [4.69, 9.17) is 4.42 Å². The number of nitrogens with one attached hydrogen (secondary N) is 1. The number of rotatable bonds is 5. The summed E-state index contributed by atoms with van der Waals surface area (Å²) in [4.78, 5) is 0. The van der Waals surface area contributed by atoms with Gasteiger partial charge in [-0.3, -0.25) is 0 Å². The first-order valence-electron chi connectivity index (χ1n) is 5.66. The van der Waals surface area contributed by atoms with Gasteiger partial charge in [0.05, 0.1) is 6.54 Å². The molecule has 1 aromatic rings. The van der Waals surface area contributed by atoms with Gasteiger partial charge in [-0.05, 0) is 24.8 Å². The van der Waals surface area contributed by atoms with Crippen molar-refractivity contribution in [1.29, 1.82) is 0 Å². The Hall–Kier alpha value is -0.900. The first-order chi connectivity index (χ1) is 7.13. The van der Waals surface area contributed by atoms with Crippen molar-refractivity contribution in [2.24, 2.45) is 5.41 Å². The van der Waals surface area contributed by atoms with Crippen LogP contribution in [-0.2, 0) is 6.54 Å². The van der Waals surface area contributed by atoms with Crippen LogP contribution in [0.2, 0.25) is 0 Å². The Labute approximate surface area is 90.5 Å². The Balaban J connectivity index is 1.88. The minimum Gasteiger partial charge on any atom is -0.424 e. The van der Waals surface area contributed by atoms with Crippen molar-refractivity contribution < 1.29 is 4.42 Å². The maximum absolute atomic E-state index is 5.61. The fourth-order valence-corrected chi connectivity index (χ4v) is 1.74. The van der Waals surface area contributed by atoms with E-state index in [0.717, 1.165) is 25.3 Å². The summed E-state index contributed by atoms with van der Waals surface area (Å²) in [5, 5.41) is 11.4. The highest BCUT2D eigenvalue weighted by molar-refractivity contribution is 5.12. The van der Waals surface area contributed by atoms with Gasteiger partial charge in [0.25, 0.3) is 0 Å². The van der Waals surface area contributed by atoms with Gasteiger partial charge in [0, 0.05) is 5.92 Å². The van der Waals surface area contributed by atoms with E-state index in [0.29, 0.717) is 23.8 Å². The minimum atomic E-state index is 0.362. The fourth-order valence-electron chi connectivity index (χ4n) is 1.74. The van der Waals surface area contributed by atoms with Gasteiger partial charge in [-0.1, -0.05) is 20.8 Å². The highest BCUT2D eigenvalue weighted by Gasteiger charge is 2.50. The Kier molecular flexibility index (Phi) is 2.78. The zero-order chi connectivity index (χ0) is 10.9. The van der Waals surface area contributed by atoms with Crippen LogP contribution in [0.4, 0.5) is 0 Å². The zero-order valence-electron chi connectivity index (χ0n) is 9.71. The first kappa shape index (κ1) is 10.6. The van der Waals surface area contributed by atoms with Gasteiger partial charge in [-0.2, -0.15) is 0 Å². The van der Waals surface area contributed by atoms with Crippen molar-refractivity contribution in [2.75, 3.05) is 6.54 Å². The number of hydrogen-bond acceptors (Lipinski definition) is 4. The molecule has 15 heavy (non-hydrogen) atoms. The van der Waals surface area contributed by atoms with Gasteiger partial charge < -0.3 is 9.73 Å². The van der Waals surface area contributed by atoms with Crippen molar-refractivity contribution in [3.8, 4) is 0 Å². The summed E-state index contributed by atoms with van der Waals surface area (Å²) in [5.41, 5.74) is 0.362. The van der Waals surface area contributed by atoms with E-state index in [-0.39, 0.29) is 0 Å². The molecule has 1 fully saturated rings. The number of hydrogen-bond donors (Lipinski definition) is 1. The van der Waals surface area contributed by atoms with Crippen LogP contribution >= 0.6 is 0 Å². The molecule has 0 aromatic carbocycles. The molecule has 1 unspecified atom stereocenters. The molecule has 2 rings (SSSR count). The van der Waals surface area contributed by atoms with Crippen LogP contribution in [0.5, 0.6) is 0 Å². The third-order valence-electron chi connectivity index (χ3n) is 3.00. The molecule has 0 radical (unpaired) electrons. The minimum absolute atomic E-state index is 0.362. The molecule has 0 aliphatic heterocycles. The van der Waals surface area contributed by atoms with E-state index in [9.17, 15) is 0 Å². The maximum atomic E-state index is 5.61. The quantitative estimate of drug-likeness (QED) is 0.754. The van der Waals surface area contributed by atoms with Gasteiger partial charge in [-0.25, -0.2) is 0 Å². The molecular formula is C11H19N3O. The molecule has 4 nitrogen and oxygen atoms in total. The van der Waals surface area contributed by atoms with E-state index < -0.39 is 0 Å². The Morgan fingerprint density at radius 3 is 2.80 bits per heavy atom. The summed E-state index contributed by atoms with van der Waals surface area (Å²) in [5.74, 6) is 2.00. The Morgan fingerprint density at radius 1 is 1.47 bits per heavy atom. The summed E-state index contributed by atoms with van der Waals surface area (Å²) in [6, 6.07) is 0. The molecule has 1 atom stereocenters. The summed E-state index contributed by atoms with van der Waals surface area (Å²) >= 11 is 0. The largest absolute Gasteiger partial charge is 0.424 e. The monoisotopic (exact) mass is 209 g/mol. The third kappa shape index (κ3) is 2.37. The molecule has 1 aliphatic carbocycles. The number of nitrogens with zero attached hydrogens (tertiary/aromatic N) is 2. The van der Waals surface area contributed by atoms with Gasteiger partial charge in [0.15, 0.2) is 0 Å². The second kappa shape index (κ2) is 3.93. The molecule has 84 valence electrons. The molecule has 0 saturated heterocycles. The standard InChI is InChI=1S/C11H19N3O/c1-4-5-12-7-9-13-14-10(15-9)8-6-11(8,2)3/h8,12H,4-7H2,1-3H3. The van der Waals surface area contributed by atoms with E-state index >= 15 is 0 Å². The van der Waals surface area contributed by atoms with Crippen LogP contribution in [0.3, 0.4) is 0 Å². The van der Waals surface area contributed by atoms with Crippen molar-refractivity contribution in [2.45, 2.75) is 46.1 Å². The topological polar surface area (TPSA) is 51.0 Å². The van der Waals surface area contributed by atoms with Crippen LogP contribution in [0.25, 0.3) is 0 Å². The molecule has 1 aliphatic rings. The van der Waals surface area contributed by atoms with Gasteiger partial charge in [-0.15, -0.1) is 10.2 Å². The van der Waals surface area contributed by atoms with E-state index in [1.165, 1.54) is 0 Å². The molecule has 1 heterocycles. The van der Waals surface area contributed by atoms with Crippen LogP contribution < -0.4 is 5.32 Å². The van der Waals surface area contributed by atoms with Crippen LogP contribution in [0.1, 0.15) is 51.3 Å². The van der Waals surface area contributed by atoms with E-state index in [2.05, 4.69) is 36.3 Å². The first-order valence-corrected chi connectivity index (χ1v) is 5.66. The van der Waals surface area contributed by atoms with Crippen molar-refractivity contribution in [3.63, 3.8) is 0 Å². The molecular weight excluding hydrogens is 190 g/mol. The molecule has 0 amide bonds. The summed E-state index contributed by atoms with van der Waals surface area (Å²) in [6.45, 7) is 8.29. The van der Waals surface area contributed by atoms with Crippen LogP contribution in [0, 0.1) is 5.41 Å². The highest BCUT2D eigenvalue weighted by Crippen LogP contribution is 2.57.